The molecule has 172 valence electrons. The zero-order valence-corrected chi connectivity index (χ0v) is 20.1. The summed E-state index contributed by atoms with van der Waals surface area (Å²) in [7, 11) is 1.33. The topological polar surface area (TPSA) is 75.7 Å². The van der Waals surface area contributed by atoms with Crippen LogP contribution in [0, 0.1) is 0 Å². The molecule has 3 aromatic rings. The van der Waals surface area contributed by atoms with Crippen LogP contribution < -0.4 is 5.32 Å². The van der Waals surface area contributed by atoms with E-state index in [0.717, 1.165) is 22.0 Å². The van der Waals surface area contributed by atoms with Crippen LogP contribution in [0.3, 0.4) is 0 Å². The second-order valence-corrected chi connectivity index (χ2v) is 9.34. The molecule has 1 saturated heterocycles. The molecule has 1 heterocycles. The van der Waals surface area contributed by atoms with Crippen molar-refractivity contribution < 1.29 is 19.1 Å². The third-order valence-electron chi connectivity index (χ3n) is 5.32. The van der Waals surface area contributed by atoms with Crippen molar-refractivity contribution in [3.05, 3.63) is 82.8 Å². The third-order valence-corrected chi connectivity index (χ3v) is 6.70. The average Bonchev–Trinajstić information content (AvgIpc) is 3.11. The standard InChI is InChI=1S/C26H22N2O4S2/c1-32-25(31)19-10-8-17(9-11-19)15-22-24(30)28(26(33)34-22)14-4-7-23(29)27-21-13-12-18-5-2-3-6-20(18)16-21/h2-3,5-6,8-13,15-16H,4,7,14H2,1H3,(H,27,29)/b22-15-. The van der Waals surface area contributed by atoms with Crippen LogP contribution in [0.2, 0.25) is 0 Å². The first-order valence-corrected chi connectivity index (χ1v) is 11.9. The van der Waals surface area contributed by atoms with Gasteiger partial charge in [-0.25, -0.2) is 4.79 Å². The minimum absolute atomic E-state index is 0.109. The van der Waals surface area contributed by atoms with Crippen LogP contribution >= 0.6 is 24.0 Å². The number of nitrogens with one attached hydrogen (secondary N) is 1. The van der Waals surface area contributed by atoms with Crippen LogP contribution in [0.25, 0.3) is 16.8 Å². The largest absolute Gasteiger partial charge is 0.465 e. The molecule has 0 unspecified atom stereocenters. The summed E-state index contributed by atoms with van der Waals surface area (Å²) in [5.74, 6) is -0.702. The van der Waals surface area contributed by atoms with Crippen molar-refractivity contribution in [2.24, 2.45) is 0 Å². The second-order valence-electron chi connectivity index (χ2n) is 7.66. The number of rotatable bonds is 7. The van der Waals surface area contributed by atoms with E-state index in [1.165, 1.54) is 23.8 Å². The number of fused-ring (bicyclic) bond motifs is 1. The highest BCUT2D eigenvalue weighted by atomic mass is 32.2. The van der Waals surface area contributed by atoms with Crippen LogP contribution in [0.4, 0.5) is 5.69 Å². The summed E-state index contributed by atoms with van der Waals surface area (Å²) in [4.78, 5) is 38.8. The highest BCUT2D eigenvalue weighted by Crippen LogP contribution is 2.32. The zero-order chi connectivity index (χ0) is 24.1. The molecule has 8 heteroatoms. The van der Waals surface area contributed by atoms with Gasteiger partial charge in [-0.1, -0.05) is 66.4 Å². The number of thiocarbonyl (C=S) groups is 1. The predicted octanol–water partition coefficient (Wildman–Crippen LogP) is 5.25. The molecule has 1 aliphatic heterocycles. The number of benzene rings is 3. The zero-order valence-electron chi connectivity index (χ0n) is 18.4. The Bertz CT molecular complexity index is 1300. The summed E-state index contributed by atoms with van der Waals surface area (Å²) in [6.45, 7) is 0.369. The van der Waals surface area contributed by atoms with Gasteiger partial charge in [0.15, 0.2) is 0 Å². The maximum atomic E-state index is 12.8. The first kappa shape index (κ1) is 23.7. The van der Waals surface area contributed by atoms with Gasteiger partial charge in [0, 0.05) is 18.7 Å². The molecule has 0 bridgehead atoms. The van der Waals surface area contributed by atoms with Crippen molar-refractivity contribution in [2.75, 3.05) is 19.0 Å². The molecule has 2 amide bonds. The Morgan fingerprint density at radius 1 is 1.06 bits per heavy atom. The first-order valence-electron chi connectivity index (χ1n) is 10.7. The smallest absolute Gasteiger partial charge is 0.337 e. The van der Waals surface area contributed by atoms with Crippen molar-refractivity contribution in [1.82, 2.24) is 4.90 Å². The number of hydrogen-bond acceptors (Lipinski definition) is 6. The Hall–Kier alpha value is -3.49. The Morgan fingerprint density at radius 2 is 1.79 bits per heavy atom. The van der Waals surface area contributed by atoms with Crippen molar-refractivity contribution in [3.63, 3.8) is 0 Å². The van der Waals surface area contributed by atoms with E-state index in [1.807, 2.05) is 42.5 Å². The van der Waals surface area contributed by atoms with Gasteiger partial charge in [-0.15, -0.1) is 0 Å². The Balaban J connectivity index is 1.31. The number of thioether (sulfide) groups is 1. The molecule has 1 aliphatic rings. The van der Waals surface area contributed by atoms with E-state index in [4.69, 9.17) is 17.0 Å². The molecule has 6 nitrogen and oxygen atoms in total. The fourth-order valence-corrected chi connectivity index (χ4v) is 4.87. The second kappa shape index (κ2) is 10.6. The quantitative estimate of drug-likeness (QED) is 0.277. The fourth-order valence-electron chi connectivity index (χ4n) is 3.57. The fraction of sp³-hybridized carbons (Fsp3) is 0.154. The molecular weight excluding hydrogens is 468 g/mol. The number of hydrogen-bond donors (Lipinski definition) is 1. The molecule has 1 N–H and O–H groups in total. The molecular formula is C26H22N2O4S2. The molecule has 4 rings (SSSR count). The molecule has 0 spiro atoms. The highest BCUT2D eigenvalue weighted by Gasteiger charge is 2.31. The summed E-state index contributed by atoms with van der Waals surface area (Å²) in [5.41, 5.74) is 1.97. The lowest BCUT2D eigenvalue weighted by Gasteiger charge is -2.14. The van der Waals surface area contributed by atoms with E-state index in [-0.39, 0.29) is 18.2 Å². The van der Waals surface area contributed by atoms with Crippen molar-refractivity contribution in [3.8, 4) is 0 Å². The summed E-state index contributed by atoms with van der Waals surface area (Å²) >= 11 is 6.61. The van der Waals surface area contributed by atoms with Gasteiger partial charge in [-0.2, -0.15) is 0 Å². The van der Waals surface area contributed by atoms with E-state index in [1.54, 1.807) is 30.3 Å². The maximum absolute atomic E-state index is 12.8. The van der Waals surface area contributed by atoms with Crippen molar-refractivity contribution >= 4 is 68.6 Å². The van der Waals surface area contributed by atoms with Crippen molar-refractivity contribution in [2.45, 2.75) is 12.8 Å². The average molecular weight is 491 g/mol. The number of esters is 1. The van der Waals surface area contributed by atoms with E-state index >= 15 is 0 Å². The number of carbonyl (C=O) groups is 3. The van der Waals surface area contributed by atoms with Gasteiger partial charge < -0.3 is 10.1 Å². The number of ether oxygens (including phenoxy) is 1. The summed E-state index contributed by atoms with van der Waals surface area (Å²) < 4.78 is 5.16. The van der Waals surface area contributed by atoms with Crippen LogP contribution in [0.5, 0.6) is 0 Å². The number of anilines is 1. The molecule has 34 heavy (non-hydrogen) atoms. The van der Waals surface area contributed by atoms with E-state index in [0.29, 0.717) is 27.8 Å². The molecule has 0 radical (unpaired) electrons. The van der Waals surface area contributed by atoms with E-state index in [9.17, 15) is 14.4 Å². The molecule has 0 aliphatic carbocycles. The molecule has 0 aromatic heterocycles. The van der Waals surface area contributed by atoms with E-state index < -0.39 is 5.97 Å². The van der Waals surface area contributed by atoms with Gasteiger partial charge in [0.2, 0.25) is 5.91 Å². The Kier molecular flexibility index (Phi) is 7.40. The molecule has 3 aromatic carbocycles. The first-order chi connectivity index (χ1) is 16.4. The van der Waals surface area contributed by atoms with Crippen LogP contribution in [0.15, 0.2) is 71.6 Å². The summed E-state index contributed by atoms with van der Waals surface area (Å²) in [6, 6.07) is 20.5. The lowest BCUT2D eigenvalue weighted by atomic mass is 10.1. The number of amides is 2. The van der Waals surface area contributed by atoms with Crippen LogP contribution in [0.1, 0.15) is 28.8 Å². The maximum Gasteiger partial charge on any atom is 0.337 e. The van der Waals surface area contributed by atoms with Gasteiger partial charge in [-0.3, -0.25) is 14.5 Å². The molecule has 0 saturated carbocycles. The predicted molar refractivity (Wildman–Crippen MR) is 139 cm³/mol. The molecule has 0 atom stereocenters. The Labute approximate surface area is 207 Å². The lowest BCUT2D eigenvalue weighted by Crippen LogP contribution is -2.29. The monoisotopic (exact) mass is 490 g/mol. The number of carbonyl (C=O) groups excluding carboxylic acids is 3. The minimum atomic E-state index is -0.414. The molecule has 1 fully saturated rings. The number of methoxy groups -OCH3 is 1. The van der Waals surface area contributed by atoms with E-state index in [2.05, 4.69) is 5.32 Å². The normalized spacial score (nSPS) is 14.6. The van der Waals surface area contributed by atoms with Gasteiger partial charge in [0.05, 0.1) is 17.6 Å². The number of nitrogens with zero attached hydrogens (tertiary/aromatic N) is 1. The summed E-state index contributed by atoms with van der Waals surface area (Å²) in [6.07, 6.45) is 2.51. The SMILES string of the molecule is COC(=O)c1ccc(/C=C2\SC(=S)N(CCCC(=O)Nc3ccc4ccccc4c3)C2=O)cc1. The summed E-state index contributed by atoms with van der Waals surface area (Å²) in [5, 5.41) is 5.09. The third kappa shape index (κ3) is 5.52. The van der Waals surface area contributed by atoms with Gasteiger partial charge in [-0.05, 0) is 53.1 Å². The minimum Gasteiger partial charge on any atom is -0.465 e. The Morgan fingerprint density at radius 3 is 2.53 bits per heavy atom. The van der Waals surface area contributed by atoms with Gasteiger partial charge in [0.1, 0.15) is 4.32 Å². The highest BCUT2D eigenvalue weighted by molar-refractivity contribution is 8.26. The van der Waals surface area contributed by atoms with Crippen LogP contribution in [-0.4, -0.2) is 40.7 Å². The van der Waals surface area contributed by atoms with Crippen LogP contribution in [-0.2, 0) is 14.3 Å². The van der Waals surface area contributed by atoms with Gasteiger partial charge >= 0.3 is 5.97 Å². The van der Waals surface area contributed by atoms with Crippen molar-refractivity contribution in [1.29, 1.82) is 0 Å². The lowest BCUT2D eigenvalue weighted by molar-refractivity contribution is -0.122. The van der Waals surface area contributed by atoms with Gasteiger partial charge in [0.25, 0.3) is 5.91 Å².